The Balaban J connectivity index is 2.03. The molecule has 0 bridgehead atoms. The molecule has 0 atom stereocenters. The lowest BCUT2D eigenvalue weighted by Gasteiger charge is -2.08. The molecule has 0 aliphatic heterocycles. The molecule has 7 nitrogen and oxygen atoms in total. The Bertz CT molecular complexity index is 860. The van der Waals surface area contributed by atoms with Crippen molar-refractivity contribution >= 4 is 21.7 Å². The average molecular weight is 358 g/mol. The van der Waals surface area contributed by atoms with Crippen molar-refractivity contribution in [2.24, 2.45) is 0 Å². The molecule has 1 heterocycles. The molecule has 0 aliphatic carbocycles. The highest BCUT2D eigenvalue weighted by molar-refractivity contribution is 7.91. The van der Waals surface area contributed by atoms with Gasteiger partial charge in [-0.15, -0.1) is 0 Å². The number of nitrogens with one attached hydrogen (secondary N) is 2. The average Bonchev–Trinajstić information content (AvgIpc) is 2.98. The zero-order valence-corrected chi connectivity index (χ0v) is 13.1. The Morgan fingerprint density at radius 1 is 1.04 bits per heavy atom. The van der Waals surface area contributed by atoms with Crippen molar-refractivity contribution in [1.29, 1.82) is 0 Å². The minimum Gasteiger partial charge on any atom is -0.469 e. The van der Waals surface area contributed by atoms with Gasteiger partial charge in [0.1, 0.15) is 5.76 Å². The number of furan rings is 1. The van der Waals surface area contributed by atoms with E-state index in [9.17, 15) is 26.8 Å². The predicted octanol–water partition coefficient (Wildman–Crippen LogP) is 1.66. The first-order chi connectivity index (χ1) is 11.2. The number of hydrazine groups is 1. The Morgan fingerprint density at radius 3 is 2.12 bits per heavy atom. The van der Waals surface area contributed by atoms with Crippen LogP contribution in [0.2, 0.25) is 0 Å². The third-order valence-corrected chi connectivity index (χ3v) is 4.47. The van der Waals surface area contributed by atoms with E-state index >= 15 is 0 Å². The third-order valence-electron chi connectivity index (χ3n) is 3.07. The van der Waals surface area contributed by atoms with Crippen LogP contribution in [0.25, 0.3) is 0 Å². The molecule has 2 N–H and O–H groups in total. The maximum absolute atomic E-state index is 12.4. The van der Waals surface area contributed by atoms with Gasteiger partial charge in [0.15, 0.2) is 0 Å². The van der Waals surface area contributed by atoms with Crippen molar-refractivity contribution in [3.05, 3.63) is 53.5 Å². The molecule has 0 saturated heterocycles. The third kappa shape index (κ3) is 3.59. The molecule has 1 aromatic heterocycles. The quantitative estimate of drug-likeness (QED) is 0.809. The number of aryl methyl sites for hydroxylation is 1. The first kappa shape index (κ1) is 17.6. The van der Waals surface area contributed by atoms with E-state index in [1.165, 1.54) is 12.3 Å². The van der Waals surface area contributed by atoms with Crippen molar-refractivity contribution in [3.63, 3.8) is 0 Å². The smallest absolute Gasteiger partial charge is 0.341 e. The second-order valence-corrected chi connectivity index (χ2v) is 6.55. The number of benzene rings is 1. The summed E-state index contributed by atoms with van der Waals surface area (Å²) in [5.74, 6) is -4.53. The Hall–Kier alpha value is -2.75. The SMILES string of the molecule is Cc1occc1C(=O)NNC(=O)c1ccc(S(=O)(=O)C(F)F)cc1. The van der Waals surface area contributed by atoms with Crippen LogP contribution in [0.5, 0.6) is 0 Å². The molecule has 0 spiro atoms. The maximum Gasteiger partial charge on any atom is 0.341 e. The van der Waals surface area contributed by atoms with Gasteiger partial charge in [-0.1, -0.05) is 0 Å². The molecule has 128 valence electrons. The number of sulfone groups is 1. The van der Waals surface area contributed by atoms with Crippen LogP contribution in [0.1, 0.15) is 26.5 Å². The summed E-state index contributed by atoms with van der Waals surface area (Å²) in [5, 5.41) is 0. The fourth-order valence-corrected chi connectivity index (χ4v) is 2.49. The van der Waals surface area contributed by atoms with Crippen LogP contribution in [0.3, 0.4) is 0 Å². The van der Waals surface area contributed by atoms with Gasteiger partial charge in [0.25, 0.3) is 11.8 Å². The summed E-state index contributed by atoms with van der Waals surface area (Å²) >= 11 is 0. The first-order valence-corrected chi connectivity index (χ1v) is 8.05. The van der Waals surface area contributed by atoms with Crippen molar-refractivity contribution in [2.75, 3.05) is 0 Å². The monoisotopic (exact) mass is 358 g/mol. The van der Waals surface area contributed by atoms with E-state index in [-0.39, 0.29) is 11.1 Å². The molecule has 2 aromatic rings. The zero-order chi connectivity index (χ0) is 17.9. The van der Waals surface area contributed by atoms with Gasteiger partial charge in [-0.25, -0.2) is 8.42 Å². The van der Waals surface area contributed by atoms with E-state index in [4.69, 9.17) is 4.42 Å². The predicted molar refractivity (Wildman–Crippen MR) is 78.0 cm³/mol. The second kappa shape index (κ2) is 6.79. The molecular formula is C14H12F2N2O5S. The molecule has 0 unspecified atom stereocenters. The van der Waals surface area contributed by atoms with Crippen LogP contribution < -0.4 is 10.9 Å². The van der Waals surface area contributed by atoms with Crippen LogP contribution in [-0.4, -0.2) is 26.0 Å². The van der Waals surface area contributed by atoms with Gasteiger partial charge in [0.05, 0.1) is 16.7 Å². The lowest BCUT2D eigenvalue weighted by molar-refractivity contribution is 0.0845. The molecule has 2 amide bonds. The fraction of sp³-hybridized carbons (Fsp3) is 0.143. The van der Waals surface area contributed by atoms with Crippen molar-refractivity contribution in [1.82, 2.24) is 10.9 Å². The number of carbonyl (C=O) groups excluding carboxylic acids is 2. The minimum absolute atomic E-state index is 0.0209. The lowest BCUT2D eigenvalue weighted by Crippen LogP contribution is -2.41. The highest BCUT2D eigenvalue weighted by atomic mass is 32.2. The number of carbonyl (C=O) groups is 2. The number of rotatable bonds is 4. The normalized spacial score (nSPS) is 11.3. The van der Waals surface area contributed by atoms with E-state index in [0.29, 0.717) is 5.76 Å². The maximum atomic E-state index is 12.4. The van der Waals surface area contributed by atoms with Crippen molar-refractivity contribution < 1.29 is 31.2 Å². The zero-order valence-electron chi connectivity index (χ0n) is 12.2. The van der Waals surface area contributed by atoms with Crippen LogP contribution >= 0.6 is 0 Å². The van der Waals surface area contributed by atoms with Crippen molar-refractivity contribution in [3.8, 4) is 0 Å². The molecule has 0 aliphatic rings. The second-order valence-electron chi connectivity index (χ2n) is 4.63. The van der Waals surface area contributed by atoms with E-state index in [0.717, 1.165) is 24.3 Å². The molecule has 0 fully saturated rings. The standard InChI is InChI=1S/C14H12F2N2O5S/c1-8-11(6-7-23-8)13(20)18-17-12(19)9-2-4-10(5-3-9)24(21,22)14(15)16/h2-7,14H,1H3,(H,17,19)(H,18,20). The minimum atomic E-state index is -4.72. The molecule has 10 heteroatoms. The number of hydrogen-bond donors (Lipinski definition) is 2. The summed E-state index contributed by atoms with van der Waals surface area (Å²) in [5.41, 5.74) is 4.48. The van der Waals surface area contributed by atoms with Gasteiger partial charge in [-0.2, -0.15) is 8.78 Å². The van der Waals surface area contributed by atoms with Crippen molar-refractivity contribution in [2.45, 2.75) is 17.6 Å². The summed E-state index contributed by atoms with van der Waals surface area (Å²) in [7, 11) is -4.72. The first-order valence-electron chi connectivity index (χ1n) is 6.50. The number of amides is 2. The molecule has 0 saturated carbocycles. The topological polar surface area (TPSA) is 105 Å². The molecule has 2 rings (SSSR count). The fourth-order valence-electron chi connectivity index (χ4n) is 1.77. The highest BCUT2D eigenvalue weighted by Crippen LogP contribution is 2.18. The van der Waals surface area contributed by atoms with Crippen LogP contribution in [-0.2, 0) is 9.84 Å². The number of halogens is 2. The molecule has 24 heavy (non-hydrogen) atoms. The summed E-state index contributed by atoms with van der Waals surface area (Å²) in [6.07, 6.45) is 1.31. The Kier molecular flexibility index (Phi) is 4.98. The van der Waals surface area contributed by atoms with Crippen LogP contribution in [0.4, 0.5) is 8.78 Å². The van der Waals surface area contributed by atoms with E-state index < -0.39 is 32.3 Å². The lowest BCUT2D eigenvalue weighted by atomic mass is 10.2. The van der Waals surface area contributed by atoms with Crippen LogP contribution in [0, 0.1) is 6.92 Å². The van der Waals surface area contributed by atoms with Gasteiger partial charge in [-0.3, -0.25) is 20.4 Å². The van der Waals surface area contributed by atoms with E-state index in [1.54, 1.807) is 6.92 Å². The van der Waals surface area contributed by atoms with E-state index in [2.05, 4.69) is 10.9 Å². The molecule has 0 radical (unpaired) electrons. The Labute approximate surface area is 135 Å². The van der Waals surface area contributed by atoms with Gasteiger partial charge < -0.3 is 4.42 Å². The van der Waals surface area contributed by atoms with Gasteiger partial charge >= 0.3 is 5.76 Å². The summed E-state index contributed by atoms with van der Waals surface area (Å²) in [6, 6.07) is 5.30. The van der Waals surface area contributed by atoms with Gasteiger partial charge in [0.2, 0.25) is 9.84 Å². The summed E-state index contributed by atoms with van der Waals surface area (Å²) in [4.78, 5) is 23.0. The van der Waals surface area contributed by atoms with Crippen LogP contribution in [0.15, 0.2) is 45.9 Å². The highest BCUT2D eigenvalue weighted by Gasteiger charge is 2.26. The largest absolute Gasteiger partial charge is 0.469 e. The summed E-state index contributed by atoms with van der Waals surface area (Å²) in [6.45, 7) is 1.57. The summed E-state index contributed by atoms with van der Waals surface area (Å²) < 4.78 is 52.3. The molecule has 1 aromatic carbocycles. The van der Waals surface area contributed by atoms with E-state index in [1.807, 2.05) is 0 Å². The number of alkyl halides is 2. The Morgan fingerprint density at radius 2 is 1.62 bits per heavy atom. The van der Waals surface area contributed by atoms with Gasteiger partial charge in [-0.05, 0) is 37.3 Å². The number of hydrogen-bond acceptors (Lipinski definition) is 5. The van der Waals surface area contributed by atoms with Gasteiger partial charge in [0, 0.05) is 5.56 Å². The molecular weight excluding hydrogens is 346 g/mol.